The molecule has 1 atom stereocenters. The van der Waals surface area contributed by atoms with Crippen molar-refractivity contribution in [3.63, 3.8) is 0 Å². The van der Waals surface area contributed by atoms with E-state index in [-0.39, 0.29) is 16.3 Å². The van der Waals surface area contributed by atoms with Crippen LogP contribution in [0.3, 0.4) is 0 Å². The maximum Gasteiger partial charge on any atom is 0.259 e. The van der Waals surface area contributed by atoms with Gasteiger partial charge in [-0.15, -0.1) is 0 Å². The van der Waals surface area contributed by atoms with E-state index in [0.717, 1.165) is 11.8 Å². The number of phenolic OH excluding ortho intramolecular Hbond substituents is 1. The Morgan fingerprint density at radius 3 is 2.79 bits per heavy atom. The quantitative estimate of drug-likeness (QED) is 0.715. The Balaban J connectivity index is 2.61. The molecule has 102 valence electrons. The van der Waals surface area contributed by atoms with Gasteiger partial charge >= 0.3 is 0 Å². The van der Waals surface area contributed by atoms with Crippen molar-refractivity contribution in [1.82, 2.24) is 5.32 Å². The van der Waals surface area contributed by atoms with E-state index in [9.17, 15) is 14.5 Å². The number of para-hydroxylation sites is 1. The van der Waals surface area contributed by atoms with Crippen molar-refractivity contribution in [3.05, 3.63) is 51.9 Å². The average molecular weight is 298 g/mol. The zero-order chi connectivity index (χ0) is 14.4. The molecular weight excluding hydrogens is 284 g/mol. The van der Waals surface area contributed by atoms with Crippen LogP contribution in [0.2, 0.25) is 0 Å². The third-order valence-corrected chi connectivity index (χ3v) is 3.74. The van der Waals surface area contributed by atoms with Crippen molar-refractivity contribution in [1.29, 1.82) is 0 Å². The molecule has 1 rings (SSSR count). The Morgan fingerprint density at radius 2 is 2.21 bits per heavy atom. The van der Waals surface area contributed by atoms with Crippen LogP contribution >= 0.6 is 11.8 Å². The lowest BCUT2D eigenvalue weighted by molar-refractivity contribution is 0.0966. The first kappa shape index (κ1) is 15.5. The predicted molar refractivity (Wildman–Crippen MR) is 78.6 cm³/mol. The van der Waals surface area contributed by atoms with Crippen molar-refractivity contribution >= 4 is 28.8 Å². The number of carbonyl (C=O) groups is 1. The number of thioether (sulfide) groups is 1. The molecule has 0 aliphatic carbocycles. The first-order valence-corrected chi connectivity index (χ1v) is 7.59. The number of rotatable bonds is 5. The summed E-state index contributed by atoms with van der Waals surface area (Å²) < 4.78 is 11.0. The van der Waals surface area contributed by atoms with Crippen molar-refractivity contribution < 1.29 is 14.5 Å². The minimum Gasteiger partial charge on any atom is -0.610 e. The number of phenols is 1. The molecule has 0 aromatic heterocycles. The number of benzene rings is 1. The van der Waals surface area contributed by atoms with Crippen LogP contribution in [0.15, 0.2) is 46.3 Å². The third-order valence-electron chi connectivity index (χ3n) is 2.05. The Hall–Kier alpha value is -1.57. The lowest BCUT2D eigenvalue weighted by Crippen LogP contribution is -2.20. The summed E-state index contributed by atoms with van der Waals surface area (Å²) in [7, 11) is 0. The first-order chi connectivity index (χ1) is 8.91. The van der Waals surface area contributed by atoms with Gasteiger partial charge in [-0.1, -0.05) is 30.5 Å². The second kappa shape index (κ2) is 7.13. The van der Waals surface area contributed by atoms with E-state index < -0.39 is 17.1 Å². The number of hydrogen-bond acceptors (Lipinski definition) is 5. The van der Waals surface area contributed by atoms with E-state index in [1.807, 2.05) is 0 Å². The molecule has 4 N–H and O–H groups in total. The highest BCUT2D eigenvalue weighted by Crippen LogP contribution is 2.19. The second-order valence-corrected chi connectivity index (χ2v) is 5.83. The Morgan fingerprint density at radius 1 is 1.58 bits per heavy atom. The van der Waals surface area contributed by atoms with E-state index in [0.29, 0.717) is 5.03 Å². The van der Waals surface area contributed by atoms with Crippen molar-refractivity contribution in [2.45, 2.75) is 0 Å². The van der Waals surface area contributed by atoms with Gasteiger partial charge in [0, 0.05) is 0 Å². The summed E-state index contributed by atoms with van der Waals surface area (Å²) in [4.78, 5) is 11.8. The molecule has 0 fully saturated rings. The maximum absolute atomic E-state index is 11.8. The molecule has 0 saturated heterocycles. The van der Waals surface area contributed by atoms with Crippen LogP contribution in [0.4, 0.5) is 0 Å². The zero-order valence-corrected chi connectivity index (χ0v) is 11.9. The fourth-order valence-corrected chi connectivity index (χ4v) is 2.18. The number of nitrogens with one attached hydrogen (secondary N) is 1. The Labute approximate surface area is 118 Å². The topological polar surface area (TPSA) is 98.4 Å². The summed E-state index contributed by atoms with van der Waals surface area (Å²) in [5.41, 5.74) is 5.63. The molecule has 19 heavy (non-hydrogen) atoms. The normalized spacial score (nSPS) is 12.8. The van der Waals surface area contributed by atoms with E-state index in [4.69, 9.17) is 5.73 Å². The van der Waals surface area contributed by atoms with Crippen molar-refractivity contribution in [3.8, 4) is 5.75 Å². The third kappa shape index (κ3) is 4.90. The Kier molecular flexibility index (Phi) is 5.81. The molecule has 0 bridgehead atoms. The van der Waals surface area contributed by atoms with Gasteiger partial charge in [-0.3, -0.25) is 4.79 Å². The zero-order valence-electron chi connectivity index (χ0n) is 10.3. The molecule has 0 radical (unpaired) electrons. The van der Waals surface area contributed by atoms with Crippen LogP contribution in [0.25, 0.3) is 0 Å². The average Bonchev–Trinajstić information content (AvgIpc) is 2.36. The summed E-state index contributed by atoms with van der Waals surface area (Å²) >= 11 is -0.201. The lowest BCUT2D eigenvalue weighted by atomic mass is 10.2. The van der Waals surface area contributed by atoms with Crippen LogP contribution in [0.1, 0.15) is 10.4 Å². The molecule has 7 heteroatoms. The summed E-state index contributed by atoms with van der Waals surface area (Å²) in [6.45, 7) is 3.63. The van der Waals surface area contributed by atoms with Gasteiger partial charge < -0.3 is 20.7 Å². The maximum atomic E-state index is 11.8. The molecule has 1 aromatic carbocycles. The molecule has 5 nitrogen and oxygen atoms in total. The highest BCUT2D eigenvalue weighted by Gasteiger charge is 2.11. The minimum absolute atomic E-state index is 0.109. The highest BCUT2D eigenvalue weighted by atomic mass is 32.2. The van der Waals surface area contributed by atoms with Gasteiger partial charge in [0.2, 0.25) is 5.03 Å². The van der Waals surface area contributed by atoms with Gasteiger partial charge in [0.1, 0.15) is 12.0 Å². The fourth-order valence-electron chi connectivity index (χ4n) is 1.09. The predicted octanol–water partition coefficient (Wildman–Crippen LogP) is 1.46. The largest absolute Gasteiger partial charge is 0.610 e. The highest BCUT2D eigenvalue weighted by molar-refractivity contribution is 8.06. The number of hydrogen-bond donors (Lipinski definition) is 3. The fraction of sp³-hybridized carbons (Fsp3) is 0.0833. The first-order valence-electron chi connectivity index (χ1n) is 5.15. The van der Waals surface area contributed by atoms with E-state index in [1.165, 1.54) is 23.8 Å². The van der Waals surface area contributed by atoms with Gasteiger partial charge in [0.15, 0.2) is 0 Å². The summed E-state index contributed by atoms with van der Waals surface area (Å²) in [6, 6.07) is 6.18. The molecule has 0 saturated carbocycles. The molecule has 1 unspecified atom stereocenters. The summed E-state index contributed by atoms with van der Waals surface area (Å²) in [5, 5.41) is 14.0. The SMILES string of the molecule is C=C(NC(=O)c1ccccc1O)S/C=C(\N)[S+](C)[O-]. The van der Waals surface area contributed by atoms with Gasteiger partial charge in [-0.2, -0.15) is 0 Å². The van der Waals surface area contributed by atoms with Gasteiger partial charge in [-0.25, -0.2) is 0 Å². The molecular formula is C12H14N2O3S2. The standard InChI is InChI=1S/C12H14N2O3S2/c1-8(18-7-11(13)19(2)17)14-12(16)9-5-3-4-6-10(9)15/h3-7,15H,1,13H2,2H3,(H,14,16)/b11-7+. The lowest BCUT2D eigenvalue weighted by Gasteiger charge is -2.08. The van der Waals surface area contributed by atoms with Crippen molar-refractivity contribution in [2.75, 3.05) is 6.26 Å². The number of aromatic hydroxyl groups is 1. The molecule has 1 aromatic rings. The number of amides is 1. The number of nitrogens with two attached hydrogens (primary N) is 1. The van der Waals surface area contributed by atoms with Crippen LogP contribution in [0.5, 0.6) is 5.75 Å². The van der Waals surface area contributed by atoms with E-state index >= 15 is 0 Å². The van der Waals surface area contributed by atoms with Crippen molar-refractivity contribution in [2.24, 2.45) is 5.73 Å². The monoisotopic (exact) mass is 298 g/mol. The van der Waals surface area contributed by atoms with Crippen LogP contribution in [-0.4, -0.2) is 21.8 Å². The van der Waals surface area contributed by atoms with Crippen LogP contribution in [-0.2, 0) is 11.2 Å². The van der Waals surface area contributed by atoms with Gasteiger partial charge in [0.25, 0.3) is 5.91 Å². The van der Waals surface area contributed by atoms with Crippen LogP contribution < -0.4 is 11.1 Å². The van der Waals surface area contributed by atoms with Gasteiger partial charge in [-0.05, 0) is 23.3 Å². The minimum atomic E-state index is -1.25. The van der Waals surface area contributed by atoms with Crippen LogP contribution in [0, 0.1) is 0 Å². The summed E-state index contributed by atoms with van der Waals surface area (Å²) in [5.74, 6) is -0.581. The summed E-state index contributed by atoms with van der Waals surface area (Å²) in [6.07, 6.45) is 1.45. The van der Waals surface area contributed by atoms with E-state index in [1.54, 1.807) is 12.1 Å². The smallest absolute Gasteiger partial charge is 0.259 e. The molecule has 0 aliphatic heterocycles. The van der Waals surface area contributed by atoms with E-state index in [2.05, 4.69) is 11.9 Å². The molecule has 1 amide bonds. The Bertz CT molecular complexity index is 515. The van der Waals surface area contributed by atoms with Gasteiger partial charge in [0.05, 0.1) is 16.0 Å². The second-order valence-electron chi connectivity index (χ2n) is 3.49. The molecule has 0 heterocycles. The molecule has 0 aliphatic rings. The molecule has 0 spiro atoms. The number of carbonyl (C=O) groups excluding carboxylic acids is 1.